The van der Waals surface area contributed by atoms with Gasteiger partial charge in [0.15, 0.2) is 0 Å². The van der Waals surface area contributed by atoms with Crippen LogP contribution >= 0.6 is 0 Å². The van der Waals surface area contributed by atoms with Gasteiger partial charge in [-0.05, 0) is 56.5 Å². The maximum atomic E-state index is 3.69. The lowest BCUT2D eigenvalue weighted by Crippen LogP contribution is -2.48. The summed E-state index contributed by atoms with van der Waals surface area (Å²) in [6.07, 6.45) is 6.95. The standard InChI is InChI=1S/C15H30N2/c1-4-9-16-14-6-5-10-17(11-14)12-15(7-8-15)13(2)3/h13-14,16H,4-12H2,1-3H3. The molecule has 0 amide bonds. The maximum absolute atomic E-state index is 3.69. The lowest BCUT2D eigenvalue weighted by molar-refractivity contribution is 0.139. The van der Waals surface area contributed by atoms with Gasteiger partial charge in [-0.25, -0.2) is 0 Å². The van der Waals surface area contributed by atoms with Gasteiger partial charge in [0.25, 0.3) is 0 Å². The fraction of sp³-hybridized carbons (Fsp3) is 1.00. The third-order valence-electron chi connectivity index (χ3n) is 4.84. The van der Waals surface area contributed by atoms with Crippen molar-refractivity contribution in [1.82, 2.24) is 10.2 Å². The molecular formula is C15H30N2. The third-order valence-corrected chi connectivity index (χ3v) is 4.84. The molecule has 0 aromatic carbocycles. The Morgan fingerprint density at radius 2 is 2.12 bits per heavy atom. The molecule has 2 rings (SSSR count). The van der Waals surface area contributed by atoms with Crippen LogP contribution in [-0.4, -0.2) is 37.1 Å². The van der Waals surface area contributed by atoms with E-state index < -0.39 is 0 Å². The minimum absolute atomic E-state index is 0.687. The summed E-state index contributed by atoms with van der Waals surface area (Å²) in [7, 11) is 0. The molecule has 0 aromatic heterocycles. The van der Waals surface area contributed by atoms with Gasteiger partial charge in [-0.15, -0.1) is 0 Å². The molecule has 17 heavy (non-hydrogen) atoms. The molecule has 1 N–H and O–H groups in total. The van der Waals surface area contributed by atoms with Crippen molar-refractivity contribution in [3.8, 4) is 0 Å². The summed E-state index contributed by atoms with van der Waals surface area (Å²) >= 11 is 0. The molecule has 0 spiro atoms. The Balaban J connectivity index is 1.77. The van der Waals surface area contributed by atoms with E-state index in [1.54, 1.807) is 0 Å². The van der Waals surface area contributed by atoms with E-state index in [1.807, 2.05) is 0 Å². The van der Waals surface area contributed by atoms with Crippen molar-refractivity contribution in [2.75, 3.05) is 26.2 Å². The number of nitrogens with one attached hydrogen (secondary N) is 1. The largest absolute Gasteiger partial charge is 0.313 e. The highest BCUT2D eigenvalue weighted by atomic mass is 15.2. The van der Waals surface area contributed by atoms with Crippen LogP contribution in [-0.2, 0) is 0 Å². The Labute approximate surface area is 107 Å². The van der Waals surface area contributed by atoms with Gasteiger partial charge in [0.05, 0.1) is 0 Å². The van der Waals surface area contributed by atoms with Gasteiger partial charge in [0.1, 0.15) is 0 Å². The van der Waals surface area contributed by atoms with Gasteiger partial charge in [-0.2, -0.15) is 0 Å². The van der Waals surface area contributed by atoms with Crippen molar-refractivity contribution in [2.24, 2.45) is 11.3 Å². The summed E-state index contributed by atoms with van der Waals surface area (Å²) in [5.41, 5.74) is 0.687. The molecule has 1 aliphatic heterocycles. The minimum Gasteiger partial charge on any atom is -0.313 e. The molecule has 0 radical (unpaired) electrons. The normalized spacial score (nSPS) is 28.6. The molecule has 1 atom stereocenters. The van der Waals surface area contributed by atoms with E-state index >= 15 is 0 Å². The predicted molar refractivity (Wildman–Crippen MR) is 74.3 cm³/mol. The first-order valence-corrected chi connectivity index (χ1v) is 7.62. The zero-order chi connectivity index (χ0) is 12.3. The Hall–Kier alpha value is -0.0800. The van der Waals surface area contributed by atoms with E-state index in [2.05, 4.69) is 31.0 Å². The first-order chi connectivity index (χ1) is 8.16. The van der Waals surface area contributed by atoms with Crippen molar-refractivity contribution >= 4 is 0 Å². The van der Waals surface area contributed by atoms with E-state index in [-0.39, 0.29) is 0 Å². The molecule has 0 aromatic rings. The van der Waals surface area contributed by atoms with E-state index in [0.717, 1.165) is 12.0 Å². The van der Waals surface area contributed by atoms with Crippen LogP contribution in [0.25, 0.3) is 0 Å². The smallest absolute Gasteiger partial charge is 0.0195 e. The average molecular weight is 238 g/mol. The molecule has 2 fully saturated rings. The Morgan fingerprint density at radius 3 is 2.71 bits per heavy atom. The van der Waals surface area contributed by atoms with Crippen molar-refractivity contribution < 1.29 is 0 Å². The van der Waals surface area contributed by atoms with Crippen LogP contribution in [0.4, 0.5) is 0 Å². The molecule has 1 unspecified atom stereocenters. The summed E-state index contributed by atoms with van der Waals surface area (Å²) in [5, 5.41) is 3.69. The van der Waals surface area contributed by atoms with Crippen LogP contribution in [0.15, 0.2) is 0 Å². The second kappa shape index (κ2) is 5.71. The number of hydrogen-bond acceptors (Lipinski definition) is 2. The second-order valence-electron chi connectivity index (χ2n) is 6.55. The quantitative estimate of drug-likeness (QED) is 0.765. The minimum atomic E-state index is 0.687. The van der Waals surface area contributed by atoms with Gasteiger partial charge in [-0.3, -0.25) is 0 Å². The van der Waals surface area contributed by atoms with Gasteiger partial charge in [0, 0.05) is 19.1 Å². The van der Waals surface area contributed by atoms with Gasteiger partial charge in [0.2, 0.25) is 0 Å². The summed E-state index contributed by atoms with van der Waals surface area (Å²) in [6.45, 7) is 12.2. The molecule has 1 heterocycles. The molecule has 1 aliphatic carbocycles. The summed E-state index contributed by atoms with van der Waals surface area (Å²) in [5.74, 6) is 0.867. The van der Waals surface area contributed by atoms with Crippen LogP contribution < -0.4 is 5.32 Å². The summed E-state index contributed by atoms with van der Waals surface area (Å²) in [4.78, 5) is 2.73. The van der Waals surface area contributed by atoms with Crippen LogP contribution in [0.1, 0.15) is 52.9 Å². The molecule has 2 nitrogen and oxygen atoms in total. The maximum Gasteiger partial charge on any atom is 0.0195 e. The number of nitrogens with zero attached hydrogens (tertiary/aromatic N) is 1. The fourth-order valence-corrected chi connectivity index (χ4v) is 3.24. The molecule has 0 bridgehead atoms. The summed E-state index contributed by atoms with van der Waals surface area (Å²) in [6, 6.07) is 0.756. The number of rotatable bonds is 6. The van der Waals surface area contributed by atoms with E-state index in [1.165, 1.54) is 58.3 Å². The molecular weight excluding hydrogens is 208 g/mol. The van der Waals surface area contributed by atoms with Gasteiger partial charge >= 0.3 is 0 Å². The van der Waals surface area contributed by atoms with Crippen LogP contribution in [0.5, 0.6) is 0 Å². The lowest BCUT2D eigenvalue weighted by atomic mass is 9.91. The molecule has 100 valence electrons. The van der Waals surface area contributed by atoms with Crippen molar-refractivity contribution in [3.63, 3.8) is 0 Å². The highest BCUT2D eigenvalue weighted by Gasteiger charge is 2.46. The van der Waals surface area contributed by atoms with Crippen molar-refractivity contribution in [2.45, 2.75) is 58.9 Å². The summed E-state index contributed by atoms with van der Waals surface area (Å²) < 4.78 is 0. The van der Waals surface area contributed by atoms with Crippen LogP contribution in [0.3, 0.4) is 0 Å². The van der Waals surface area contributed by atoms with E-state index in [4.69, 9.17) is 0 Å². The zero-order valence-electron chi connectivity index (χ0n) is 12.0. The molecule has 1 saturated carbocycles. The molecule has 1 saturated heterocycles. The van der Waals surface area contributed by atoms with Crippen LogP contribution in [0.2, 0.25) is 0 Å². The number of likely N-dealkylation sites (tertiary alicyclic amines) is 1. The Bertz CT molecular complexity index is 233. The Kier molecular flexibility index (Phi) is 4.48. The average Bonchev–Trinajstić information content (AvgIpc) is 3.08. The number of piperidine rings is 1. The lowest BCUT2D eigenvalue weighted by Gasteiger charge is -2.36. The molecule has 2 heteroatoms. The number of hydrogen-bond donors (Lipinski definition) is 1. The fourth-order valence-electron chi connectivity index (χ4n) is 3.24. The van der Waals surface area contributed by atoms with Gasteiger partial charge in [-0.1, -0.05) is 20.8 Å². The molecule has 2 aliphatic rings. The third kappa shape index (κ3) is 3.45. The van der Waals surface area contributed by atoms with E-state index in [0.29, 0.717) is 5.41 Å². The second-order valence-corrected chi connectivity index (χ2v) is 6.55. The SMILES string of the molecule is CCCNC1CCCN(CC2(C(C)C)CC2)C1. The van der Waals surface area contributed by atoms with Crippen molar-refractivity contribution in [3.05, 3.63) is 0 Å². The topological polar surface area (TPSA) is 15.3 Å². The highest BCUT2D eigenvalue weighted by molar-refractivity contribution is 4.98. The van der Waals surface area contributed by atoms with Gasteiger partial charge < -0.3 is 10.2 Å². The Morgan fingerprint density at radius 1 is 1.35 bits per heavy atom. The predicted octanol–water partition coefficient (Wildman–Crippen LogP) is 2.89. The zero-order valence-corrected chi connectivity index (χ0v) is 12.0. The van der Waals surface area contributed by atoms with Crippen molar-refractivity contribution in [1.29, 1.82) is 0 Å². The van der Waals surface area contributed by atoms with E-state index in [9.17, 15) is 0 Å². The monoisotopic (exact) mass is 238 g/mol. The highest BCUT2D eigenvalue weighted by Crippen LogP contribution is 2.52. The van der Waals surface area contributed by atoms with Crippen LogP contribution in [0, 0.1) is 11.3 Å². The first kappa shape index (κ1) is 13.4. The first-order valence-electron chi connectivity index (χ1n) is 7.62.